The summed E-state index contributed by atoms with van der Waals surface area (Å²) in [6, 6.07) is 15.0. The van der Waals surface area contributed by atoms with Gasteiger partial charge in [-0.25, -0.2) is 15.0 Å². The number of halogens is 1. The van der Waals surface area contributed by atoms with Crippen LogP contribution < -0.4 is 5.56 Å². The summed E-state index contributed by atoms with van der Waals surface area (Å²) in [6.45, 7) is 1.39. The van der Waals surface area contributed by atoms with Crippen LogP contribution in [0.1, 0.15) is 5.56 Å². The van der Waals surface area contributed by atoms with Gasteiger partial charge in [-0.2, -0.15) is 0 Å². The maximum absolute atomic E-state index is 13.4. The SMILES string of the molecule is COCCn1c2nc3ccccc3nc2c2c(=O)n(Cc3ccc(Cl)cc3)cnc21. The first kappa shape index (κ1) is 18.7. The highest BCUT2D eigenvalue weighted by atomic mass is 35.5. The lowest BCUT2D eigenvalue weighted by Gasteiger charge is -2.07. The molecule has 0 aliphatic carbocycles. The Morgan fingerprint density at radius 2 is 1.73 bits per heavy atom. The van der Waals surface area contributed by atoms with Gasteiger partial charge in [-0.05, 0) is 29.8 Å². The van der Waals surface area contributed by atoms with Crippen molar-refractivity contribution in [2.45, 2.75) is 13.1 Å². The molecule has 0 saturated heterocycles. The molecular formula is C22H18ClN5O2. The Morgan fingerprint density at radius 3 is 2.47 bits per heavy atom. The Morgan fingerprint density at radius 1 is 1.00 bits per heavy atom. The highest BCUT2D eigenvalue weighted by Gasteiger charge is 2.19. The molecule has 3 aromatic heterocycles. The molecule has 5 aromatic rings. The standard InChI is InChI=1S/C22H18ClN5O2/c1-30-11-10-28-20-18(19-21(28)26-17-5-3-2-4-16(17)25-19)22(29)27(13-24-20)12-14-6-8-15(23)9-7-14/h2-9,13H,10-12H2,1H3. The zero-order chi connectivity index (χ0) is 20.7. The van der Waals surface area contributed by atoms with Gasteiger partial charge in [-0.15, -0.1) is 0 Å². The number of methoxy groups -OCH3 is 1. The van der Waals surface area contributed by atoms with Gasteiger partial charge in [-0.1, -0.05) is 35.9 Å². The predicted molar refractivity (Wildman–Crippen MR) is 117 cm³/mol. The van der Waals surface area contributed by atoms with Crippen molar-refractivity contribution in [1.29, 1.82) is 0 Å². The van der Waals surface area contributed by atoms with E-state index < -0.39 is 0 Å². The largest absolute Gasteiger partial charge is 0.383 e. The molecule has 30 heavy (non-hydrogen) atoms. The Bertz CT molecular complexity index is 1440. The zero-order valence-electron chi connectivity index (χ0n) is 16.2. The van der Waals surface area contributed by atoms with Gasteiger partial charge in [0, 0.05) is 18.7 Å². The minimum Gasteiger partial charge on any atom is -0.383 e. The molecule has 0 bridgehead atoms. The summed E-state index contributed by atoms with van der Waals surface area (Å²) in [5.41, 5.74) is 4.08. The molecule has 0 spiro atoms. The second-order valence-electron chi connectivity index (χ2n) is 7.03. The lowest BCUT2D eigenvalue weighted by Crippen LogP contribution is -2.21. The van der Waals surface area contributed by atoms with Crippen molar-refractivity contribution in [2.75, 3.05) is 13.7 Å². The Balaban J connectivity index is 1.76. The number of fused-ring (bicyclic) bond motifs is 4. The maximum atomic E-state index is 13.4. The summed E-state index contributed by atoms with van der Waals surface area (Å²) in [7, 11) is 1.64. The van der Waals surface area contributed by atoms with Crippen LogP contribution in [0.15, 0.2) is 59.7 Å². The van der Waals surface area contributed by atoms with E-state index in [2.05, 4.69) is 4.98 Å². The van der Waals surface area contributed by atoms with Gasteiger partial charge in [0.2, 0.25) is 0 Å². The third-order valence-corrected chi connectivity index (χ3v) is 5.36. The van der Waals surface area contributed by atoms with Crippen LogP contribution in [-0.2, 0) is 17.8 Å². The van der Waals surface area contributed by atoms with E-state index in [9.17, 15) is 4.79 Å². The highest BCUT2D eigenvalue weighted by Crippen LogP contribution is 2.25. The van der Waals surface area contributed by atoms with E-state index in [1.807, 2.05) is 53.1 Å². The normalized spacial score (nSPS) is 11.7. The van der Waals surface area contributed by atoms with E-state index in [1.165, 1.54) is 0 Å². The molecule has 0 saturated carbocycles. The first-order chi connectivity index (χ1) is 14.7. The fourth-order valence-corrected chi connectivity index (χ4v) is 3.76. The van der Waals surface area contributed by atoms with Gasteiger partial charge >= 0.3 is 0 Å². The van der Waals surface area contributed by atoms with Crippen LogP contribution in [0.2, 0.25) is 5.02 Å². The zero-order valence-corrected chi connectivity index (χ0v) is 17.0. The summed E-state index contributed by atoms with van der Waals surface area (Å²) in [5.74, 6) is 0. The van der Waals surface area contributed by atoms with Crippen LogP contribution in [0.3, 0.4) is 0 Å². The summed E-state index contributed by atoms with van der Waals surface area (Å²) in [5, 5.41) is 1.12. The predicted octanol–water partition coefficient (Wildman–Crippen LogP) is 3.64. The molecule has 0 radical (unpaired) electrons. The molecule has 0 aliphatic heterocycles. The lowest BCUT2D eigenvalue weighted by atomic mass is 10.2. The molecular weight excluding hydrogens is 402 g/mol. The third kappa shape index (κ3) is 3.12. The molecule has 150 valence electrons. The smallest absolute Gasteiger partial charge is 0.265 e. The van der Waals surface area contributed by atoms with Gasteiger partial charge < -0.3 is 9.30 Å². The number of benzene rings is 2. The summed E-state index contributed by atoms with van der Waals surface area (Å²) in [4.78, 5) is 27.6. The Kier molecular flexibility index (Phi) is 4.69. The molecule has 0 amide bonds. The van der Waals surface area contributed by atoms with E-state index in [0.717, 1.165) is 16.6 Å². The Hall–Kier alpha value is -3.29. The second-order valence-corrected chi connectivity index (χ2v) is 7.47. The molecule has 0 N–H and O–H groups in total. The number of aromatic nitrogens is 5. The van der Waals surface area contributed by atoms with Crippen LogP contribution in [0.25, 0.3) is 33.2 Å². The molecule has 5 rings (SSSR count). The first-order valence-corrected chi connectivity index (χ1v) is 9.91. The molecule has 0 fully saturated rings. The van der Waals surface area contributed by atoms with E-state index in [1.54, 1.807) is 18.0 Å². The van der Waals surface area contributed by atoms with Crippen molar-refractivity contribution in [1.82, 2.24) is 24.1 Å². The monoisotopic (exact) mass is 419 g/mol. The molecule has 3 heterocycles. The summed E-state index contributed by atoms with van der Waals surface area (Å²) >= 11 is 5.97. The van der Waals surface area contributed by atoms with Gasteiger partial charge in [0.05, 0.1) is 24.2 Å². The number of hydrogen-bond donors (Lipinski definition) is 0. The molecule has 0 aliphatic rings. The van der Waals surface area contributed by atoms with Gasteiger partial charge in [-0.3, -0.25) is 9.36 Å². The minimum absolute atomic E-state index is 0.152. The van der Waals surface area contributed by atoms with E-state index in [-0.39, 0.29) is 5.56 Å². The summed E-state index contributed by atoms with van der Waals surface area (Å²) < 4.78 is 8.74. The van der Waals surface area contributed by atoms with Crippen LogP contribution in [-0.4, -0.2) is 37.8 Å². The fraction of sp³-hybridized carbons (Fsp3) is 0.182. The van der Waals surface area contributed by atoms with Gasteiger partial charge in [0.25, 0.3) is 5.56 Å². The minimum atomic E-state index is -0.152. The average Bonchev–Trinajstić information content (AvgIpc) is 3.07. The highest BCUT2D eigenvalue weighted by molar-refractivity contribution is 6.30. The van der Waals surface area contributed by atoms with Crippen molar-refractivity contribution in [3.63, 3.8) is 0 Å². The van der Waals surface area contributed by atoms with E-state index in [0.29, 0.717) is 46.9 Å². The van der Waals surface area contributed by atoms with Crippen molar-refractivity contribution < 1.29 is 4.74 Å². The fourth-order valence-electron chi connectivity index (χ4n) is 3.63. The van der Waals surface area contributed by atoms with Crippen molar-refractivity contribution in [2.24, 2.45) is 0 Å². The average molecular weight is 420 g/mol. The second kappa shape index (κ2) is 7.51. The van der Waals surface area contributed by atoms with Crippen molar-refractivity contribution in [3.05, 3.63) is 75.8 Å². The number of para-hydroxylation sites is 2. The van der Waals surface area contributed by atoms with Crippen LogP contribution in [0, 0.1) is 0 Å². The van der Waals surface area contributed by atoms with Gasteiger partial charge in [0.15, 0.2) is 11.3 Å². The van der Waals surface area contributed by atoms with Crippen LogP contribution >= 0.6 is 11.6 Å². The number of nitrogens with zero attached hydrogens (tertiary/aromatic N) is 5. The van der Waals surface area contributed by atoms with Crippen molar-refractivity contribution in [3.8, 4) is 0 Å². The van der Waals surface area contributed by atoms with E-state index >= 15 is 0 Å². The summed E-state index contributed by atoms with van der Waals surface area (Å²) in [6.07, 6.45) is 1.57. The van der Waals surface area contributed by atoms with Gasteiger partial charge in [0.1, 0.15) is 17.2 Å². The first-order valence-electron chi connectivity index (χ1n) is 9.53. The van der Waals surface area contributed by atoms with Crippen LogP contribution in [0.5, 0.6) is 0 Å². The van der Waals surface area contributed by atoms with E-state index in [4.69, 9.17) is 26.3 Å². The third-order valence-electron chi connectivity index (χ3n) is 5.10. The maximum Gasteiger partial charge on any atom is 0.265 e. The lowest BCUT2D eigenvalue weighted by molar-refractivity contribution is 0.189. The number of hydrogen-bond acceptors (Lipinski definition) is 5. The van der Waals surface area contributed by atoms with Crippen molar-refractivity contribution >= 4 is 44.8 Å². The Labute approximate surface area is 176 Å². The molecule has 8 heteroatoms. The molecule has 0 unspecified atom stereocenters. The number of rotatable bonds is 5. The molecule has 7 nitrogen and oxygen atoms in total. The number of ether oxygens (including phenoxy) is 1. The quantitative estimate of drug-likeness (QED) is 0.434. The molecule has 2 aromatic carbocycles. The van der Waals surface area contributed by atoms with Crippen LogP contribution in [0.4, 0.5) is 0 Å². The topological polar surface area (TPSA) is 74.8 Å². The molecule has 0 atom stereocenters.